The zero-order chi connectivity index (χ0) is 11.2. The maximum Gasteiger partial charge on any atom is 0.0495 e. The highest BCUT2D eigenvalue weighted by Gasteiger charge is 2.32. The number of benzene rings is 1. The van der Waals surface area contributed by atoms with Crippen LogP contribution in [0.4, 0.5) is 0 Å². The fourth-order valence-electron chi connectivity index (χ4n) is 1.95. The van der Waals surface area contributed by atoms with Crippen molar-refractivity contribution in [2.75, 3.05) is 23.0 Å². The number of rotatable bonds is 0. The van der Waals surface area contributed by atoms with E-state index in [4.69, 9.17) is 0 Å². The summed E-state index contributed by atoms with van der Waals surface area (Å²) in [6, 6.07) is 0. The highest BCUT2D eigenvalue weighted by molar-refractivity contribution is 9.10. The molecule has 0 fully saturated rings. The van der Waals surface area contributed by atoms with Crippen molar-refractivity contribution in [2.45, 2.75) is 29.4 Å². The summed E-state index contributed by atoms with van der Waals surface area (Å²) >= 11 is 8.32. The van der Waals surface area contributed by atoms with Crippen molar-refractivity contribution in [3.63, 3.8) is 0 Å². The van der Waals surface area contributed by atoms with Gasteiger partial charge < -0.3 is 0 Å². The van der Waals surface area contributed by atoms with E-state index in [9.17, 15) is 0 Å². The van der Waals surface area contributed by atoms with E-state index in [-0.39, 0.29) is 0 Å². The van der Waals surface area contributed by atoms with Gasteiger partial charge in [-0.25, -0.2) is 0 Å². The van der Waals surface area contributed by atoms with Crippen molar-refractivity contribution in [1.29, 1.82) is 0 Å². The van der Waals surface area contributed by atoms with Crippen molar-refractivity contribution >= 4 is 78.5 Å². The van der Waals surface area contributed by atoms with Crippen molar-refractivity contribution in [2.24, 2.45) is 0 Å². The van der Waals surface area contributed by atoms with E-state index in [1.165, 1.54) is 23.0 Å². The second kappa shape index (κ2) is 5.22. The Hall–Kier alpha value is 1.67. The summed E-state index contributed by atoms with van der Waals surface area (Å²) < 4.78 is 0. The van der Waals surface area contributed by atoms with Crippen LogP contribution in [0.2, 0.25) is 0 Å². The van der Waals surface area contributed by atoms with Crippen LogP contribution in [-0.4, -0.2) is 23.0 Å². The number of hydrogen-bond donors (Lipinski definition) is 0. The molecule has 0 bridgehead atoms. The maximum absolute atomic E-state index is 2.08. The summed E-state index contributed by atoms with van der Waals surface area (Å²) in [5.41, 5.74) is 0. The van der Waals surface area contributed by atoms with Gasteiger partial charge in [-0.2, -0.15) is 0 Å². The zero-order valence-corrected chi connectivity index (χ0v) is 14.4. The summed E-state index contributed by atoms with van der Waals surface area (Å²) in [6.45, 7) is 0. The van der Waals surface area contributed by atoms with Gasteiger partial charge in [0.2, 0.25) is 0 Å². The molecule has 0 unspecified atom stereocenters. The number of thioether (sulfide) groups is 4. The third kappa shape index (κ3) is 2.08. The standard InChI is InChI=1S/C10H8S7/c1-3-13-7-5(11-1)6-8(14-4-2-12-6)10-9(7)15-17-16-10/h1-4H2. The fourth-order valence-corrected chi connectivity index (χ4v) is 12.8. The molecule has 17 heavy (non-hydrogen) atoms. The maximum atomic E-state index is 2.08. The molecule has 4 rings (SSSR count). The van der Waals surface area contributed by atoms with Crippen LogP contribution in [0, 0.1) is 0 Å². The van der Waals surface area contributed by atoms with Crippen LogP contribution in [0.15, 0.2) is 29.4 Å². The monoisotopic (exact) mass is 352 g/mol. The van der Waals surface area contributed by atoms with Gasteiger partial charge in [-0.1, -0.05) is 0 Å². The van der Waals surface area contributed by atoms with Crippen LogP contribution in [-0.2, 0) is 0 Å². The van der Waals surface area contributed by atoms with E-state index in [1.54, 1.807) is 29.4 Å². The van der Waals surface area contributed by atoms with E-state index in [1.807, 2.05) is 31.4 Å². The van der Waals surface area contributed by atoms with Gasteiger partial charge in [-0.3, -0.25) is 0 Å². The zero-order valence-electron chi connectivity index (χ0n) is 8.69. The highest BCUT2D eigenvalue weighted by atomic mass is 33.5. The molecule has 0 saturated carbocycles. The Labute approximate surface area is 130 Å². The van der Waals surface area contributed by atoms with Gasteiger partial charge in [0.25, 0.3) is 0 Å². The smallest absolute Gasteiger partial charge is 0.0495 e. The Bertz CT molecular complexity index is 441. The molecule has 7 heteroatoms. The molecule has 0 spiro atoms. The van der Waals surface area contributed by atoms with Gasteiger partial charge in [0.05, 0.1) is 0 Å². The quantitative estimate of drug-likeness (QED) is 0.531. The lowest BCUT2D eigenvalue weighted by molar-refractivity contribution is 0.872. The summed E-state index contributed by atoms with van der Waals surface area (Å²) in [5.74, 6) is 5.10. The first-order valence-electron chi connectivity index (χ1n) is 5.21. The lowest BCUT2D eigenvalue weighted by Gasteiger charge is -2.26. The molecule has 1 aromatic rings. The molecule has 3 aliphatic heterocycles. The minimum atomic E-state index is 1.27. The Morgan fingerprint density at radius 1 is 0.471 bits per heavy atom. The molecule has 0 atom stereocenters. The second-order valence-corrected chi connectivity index (χ2v) is 11.9. The van der Waals surface area contributed by atoms with E-state index < -0.39 is 0 Å². The Kier molecular flexibility index (Phi) is 3.81. The number of fused-ring (bicyclic) bond motifs is 6. The lowest BCUT2D eigenvalue weighted by atomic mass is 10.3. The molecule has 0 amide bonds. The lowest BCUT2D eigenvalue weighted by Crippen LogP contribution is -2.03. The SMILES string of the molecule is C1CSc2c(c3c(c4c2SSS4)SCCS3)S1. The van der Waals surface area contributed by atoms with Crippen molar-refractivity contribution in [3.05, 3.63) is 0 Å². The fraction of sp³-hybridized carbons (Fsp3) is 0.400. The molecule has 3 heterocycles. The van der Waals surface area contributed by atoms with Gasteiger partial charge in [0.15, 0.2) is 0 Å². The Morgan fingerprint density at radius 2 is 0.824 bits per heavy atom. The normalized spacial score (nSPS) is 21.9. The first-order valence-corrected chi connectivity index (χ1v) is 12.6. The average molecular weight is 353 g/mol. The summed E-state index contributed by atoms with van der Waals surface area (Å²) in [4.78, 5) is 9.52. The Balaban J connectivity index is 2.00. The minimum absolute atomic E-state index is 1.27. The molecule has 3 aliphatic rings. The summed E-state index contributed by atoms with van der Waals surface area (Å²) in [6.07, 6.45) is 0. The van der Waals surface area contributed by atoms with Crippen molar-refractivity contribution < 1.29 is 0 Å². The van der Waals surface area contributed by atoms with E-state index in [0.29, 0.717) is 0 Å². The molecular weight excluding hydrogens is 345 g/mol. The summed E-state index contributed by atoms with van der Waals surface area (Å²) in [5, 5.41) is 0. The molecule has 0 aliphatic carbocycles. The van der Waals surface area contributed by atoms with Crippen LogP contribution < -0.4 is 0 Å². The first-order chi connectivity index (χ1) is 8.45. The second-order valence-electron chi connectivity index (χ2n) is 3.60. The third-order valence-corrected chi connectivity index (χ3v) is 12.3. The van der Waals surface area contributed by atoms with Gasteiger partial charge in [0, 0.05) is 52.4 Å². The van der Waals surface area contributed by atoms with Crippen LogP contribution in [0.25, 0.3) is 0 Å². The summed E-state index contributed by atoms with van der Waals surface area (Å²) in [7, 11) is 5.89. The molecule has 90 valence electrons. The van der Waals surface area contributed by atoms with Crippen LogP contribution in [0.5, 0.6) is 0 Å². The molecule has 0 N–H and O–H groups in total. The predicted octanol–water partition coefficient (Wildman–Crippen LogP) is 5.84. The molecule has 0 nitrogen and oxygen atoms in total. The van der Waals surface area contributed by atoms with Gasteiger partial charge in [-0.15, -0.1) is 47.0 Å². The van der Waals surface area contributed by atoms with Gasteiger partial charge in [-0.05, 0) is 31.4 Å². The van der Waals surface area contributed by atoms with E-state index in [2.05, 4.69) is 47.0 Å². The molecule has 0 radical (unpaired) electrons. The average Bonchev–Trinajstić information content (AvgIpc) is 2.89. The molecule has 0 aromatic heterocycles. The Morgan fingerprint density at radius 3 is 1.24 bits per heavy atom. The predicted molar refractivity (Wildman–Crippen MR) is 88.6 cm³/mol. The minimum Gasteiger partial charge on any atom is -0.123 e. The molecule has 0 saturated heterocycles. The molecule has 1 aromatic carbocycles. The van der Waals surface area contributed by atoms with E-state index in [0.717, 1.165) is 0 Å². The number of hydrogen-bond acceptors (Lipinski definition) is 7. The largest absolute Gasteiger partial charge is 0.123 e. The first kappa shape index (κ1) is 12.4. The van der Waals surface area contributed by atoms with Gasteiger partial charge >= 0.3 is 0 Å². The van der Waals surface area contributed by atoms with Crippen molar-refractivity contribution in [1.82, 2.24) is 0 Å². The topological polar surface area (TPSA) is 0 Å². The van der Waals surface area contributed by atoms with Crippen LogP contribution >= 0.6 is 78.5 Å². The van der Waals surface area contributed by atoms with Crippen LogP contribution in [0.3, 0.4) is 0 Å². The van der Waals surface area contributed by atoms with E-state index >= 15 is 0 Å². The molecular formula is C10H8S7. The van der Waals surface area contributed by atoms with Crippen molar-refractivity contribution in [3.8, 4) is 0 Å². The third-order valence-electron chi connectivity index (χ3n) is 2.62. The van der Waals surface area contributed by atoms with Gasteiger partial charge in [0.1, 0.15) is 0 Å². The highest BCUT2D eigenvalue weighted by Crippen LogP contribution is 2.65. The van der Waals surface area contributed by atoms with Crippen LogP contribution in [0.1, 0.15) is 0 Å².